The number of amides is 2. The molecule has 0 fully saturated rings. The third-order valence-electron chi connectivity index (χ3n) is 3.35. The molecule has 0 spiro atoms. The van der Waals surface area contributed by atoms with Gasteiger partial charge >= 0.3 is 0 Å². The van der Waals surface area contributed by atoms with Gasteiger partial charge in [-0.3, -0.25) is 14.7 Å². The molecule has 2 rings (SSSR count). The fourth-order valence-electron chi connectivity index (χ4n) is 2.14. The van der Waals surface area contributed by atoms with E-state index in [0.29, 0.717) is 35.3 Å². The average Bonchev–Trinajstić information content (AvgIpc) is 3.00. The van der Waals surface area contributed by atoms with Crippen molar-refractivity contribution in [2.75, 3.05) is 24.2 Å². The summed E-state index contributed by atoms with van der Waals surface area (Å²) in [5.74, 6) is 0.697. The number of carbonyl (C=O) groups is 2. The summed E-state index contributed by atoms with van der Waals surface area (Å²) in [6.45, 7) is 6.98. The van der Waals surface area contributed by atoms with Gasteiger partial charge in [-0.2, -0.15) is 0 Å². The Balaban J connectivity index is 1.95. The van der Waals surface area contributed by atoms with Gasteiger partial charge < -0.3 is 10.2 Å². The summed E-state index contributed by atoms with van der Waals surface area (Å²) >= 11 is 1.25. The van der Waals surface area contributed by atoms with Crippen LogP contribution in [0.5, 0.6) is 0 Å². The number of aryl methyl sites for hydroxylation is 1. The molecule has 8 heteroatoms. The van der Waals surface area contributed by atoms with Crippen LogP contribution in [0.15, 0.2) is 29.4 Å². The molecule has 1 aromatic heterocycles. The van der Waals surface area contributed by atoms with E-state index in [1.54, 1.807) is 36.1 Å². The summed E-state index contributed by atoms with van der Waals surface area (Å²) in [6, 6.07) is 6.97. The standard InChI is InChI=1S/C16H21N5O2S/c1-4-21(5-2)15(23)12-7-6-8-13(9-12)18-14(22)10-24-16-17-11(3)19-20-16/h6-9H,4-5,10H2,1-3H3,(H,18,22)(H,17,19,20). The third kappa shape index (κ3) is 4.82. The molecular weight excluding hydrogens is 326 g/mol. The molecule has 1 aromatic carbocycles. The predicted octanol–water partition coefficient (Wildman–Crippen LogP) is 2.33. The van der Waals surface area contributed by atoms with Crippen molar-refractivity contribution in [1.82, 2.24) is 20.1 Å². The number of anilines is 1. The molecule has 128 valence electrons. The Kier molecular flexibility index (Phi) is 6.36. The Bertz CT molecular complexity index is 712. The number of H-pyrrole nitrogens is 1. The number of thioether (sulfide) groups is 1. The van der Waals surface area contributed by atoms with E-state index in [9.17, 15) is 9.59 Å². The highest BCUT2D eigenvalue weighted by Crippen LogP contribution is 2.15. The zero-order valence-electron chi connectivity index (χ0n) is 14.0. The van der Waals surface area contributed by atoms with Gasteiger partial charge in [-0.05, 0) is 39.0 Å². The van der Waals surface area contributed by atoms with Crippen LogP contribution in [0.4, 0.5) is 5.69 Å². The van der Waals surface area contributed by atoms with Crippen molar-refractivity contribution in [2.45, 2.75) is 25.9 Å². The number of rotatable bonds is 7. The zero-order valence-corrected chi connectivity index (χ0v) is 14.8. The molecule has 0 saturated carbocycles. The summed E-state index contributed by atoms with van der Waals surface area (Å²) in [5.41, 5.74) is 1.17. The molecule has 0 aliphatic heterocycles. The summed E-state index contributed by atoms with van der Waals surface area (Å²) in [5, 5.41) is 10.0. The molecular formula is C16H21N5O2S. The van der Waals surface area contributed by atoms with E-state index in [2.05, 4.69) is 20.5 Å². The molecule has 0 atom stereocenters. The first-order valence-corrected chi connectivity index (χ1v) is 8.73. The van der Waals surface area contributed by atoms with Gasteiger partial charge in [0.05, 0.1) is 5.75 Å². The summed E-state index contributed by atoms with van der Waals surface area (Å²) in [4.78, 5) is 30.2. The maximum atomic E-state index is 12.3. The lowest BCUT2D eigenvalue weighted by atomic mass is 10.1. The summed E-state index contributed by atoms with van der Waals surface area (Å²) in [7, 11) is 0. The lowest BCUT2D eigenvalue weighted by Gasteiger charge is -2.19. The molecule has 0 aliphatic carbocycles. The first-order valence-electron chi connectivity index (χ1n) is 7.74. The molecule has 24 heavy (non-hydrogen) atoms. The van der Waals surface area contributed by atoms with Crippen LogP contribution in [0.1, 0.15) is 30.0 Å². The minimum atomic E-state index is -0.171. The lowest BCUT2D eigenvalue weighted by Crippen LogP contribution is -2.30. The fraction of sp³-hybridized carbons (Fsp3) is 0.375. The number of aromatic nitrogens is 3. The van der Waals surface area contributed by atoms with Crippen molar-refractivity contribution in [2.24, 2.45) is 0 Å². The SMILES string of the molecule is CCN(CC)C(=O)c1cccc(NC(=O)CSc2n[nH]c(C)n2)c1. The van der Waals surface area contributed by atoms with Gasteiger partial charge in [0, 0.05) is 24.3 Å². The number of nitrogens with zero attached hydrogens (tertiary/aromatic N) is 3. The van der Waals surface area contributed by atoms with Crippen LogP contribution in [-0.2, 0) is 4.79 Å². The molecule has 0 bridgehead atoms. The molecule has 2 amide bonds. The second kappa shape index (κ2) is 8.49. The molecule has 7 nitrogen and oxygen atoms in total. The van der Waals surface area contributed by atoms with Crippen molar-refractivity contribution in [1.29, 1.82) is 0 Å². The fourth-order valence-corrected chi connectivity index (χ4v) is 2.78. The van der Waals surface area contributed by atoms with E-state index in [1.165, 1.54) is 11.8 Å². The highest BCUT2D eigenvalue weighted by atomic mass is 32.2. The van der Waals surface area contributed by atoms with E-state index in [0.717, 1.165) is 0 Å². The number of hydrogen-bond donors (Lipinski definition) is 2. The molecule has 2 N–H and O–H groups in total. The van der Waals surface area contributed by atoms with Crippen LogP contribution in [0, 0.1) is 6.92 Å². The van der Waals surface area contributed by atoms with Crippen molar-refractivity contribution < 1.29 is 9.59 Å². The van der Waals surface area contributed by atoms with Crippen LogP contribution >= 0.6 is 11.8 Å². The average molecular weight is 347 g/mol. The minimum absolute atomic E-state index is 0.0401. The Labute approximate surface area is 145 Å². The minimum Gasteiger partial charge on any atom is -0.339 e. The Morgan fingerprint density at radius 1 is 1.29 bits per heavy atom. The van der Waals surface area contributed by atoms with E-state index in [4.69, 9.17) is 0 Å². The van der Waals surface area contributed by atoms with Gasteiger partial charge in [-0.15, -0.1) is 5.10 Å². The second-order valence-corrected chi connectivity index (χ2v) is 6.04. The van der Waals surface area contributed by atoms with Crippen LogP contribution in [0.3, 0.4) is 0 Å². The highest BCUT2D eigenvalue weighted by molar-refractivity contribution is 7.99. The molecule has 0 saturated heterocycles. The highest BCUT2D eigenvalue weighted by Gasteiger charge is 2.13. The monoisotopic (exact) mass is 347 g/mol. The van der Waals surface area contributed by atoms with Gasteiger partial charge in [0.1, 0.15) is 5.82 Å². The van der Waals surface area contributed by atoms with Gasteiger partial charge in [-0.25, -0.2) is 4.98 Å². The molecule has 1 heterocycles. The molecule has 2 aromatic rings. The largest absolute Gasteiger partial charge is 0.339 e. The van der Waals surface area contributed by atoms with Crippen LogP contribution < -0.4 is 5.32 Å². The van der Waals surface area contributed by atoms with Crippen LogP contribution in [0.25, 0.3) is 0 Å². The quantitative estimate of drug-likeness (QED) is 0.750. The smallest absolute Gasteiger partial charge is 0.253 e. The van der Waals surface area contributed by atoms with Crippen molar-refractivity contribution in [3.63, 3.8) is 0 Å². The second-order valence-electron chi connectivity index (χ2n) is 5.10. The maximum Gasteiger partial charge on any atom is 0.253 e. The van der Waals surface area contributed by atoms with Crippen molar-refractivity contribution in [3.8, 4) is 0 Å². The Morgan fingerprint density at radius 3 is 2.67 bits per heavy atom. The van der Waals surface area contributed by atoms with Gasteiger partial charge in [0.25, 0.3) is 5.91 Å². The van der Waals surface area contributed by atoms with E-state index < -0.39 is 0 Å². The number of nitrogens with one attached hydrogen (secondary N) is 2. The normalized spacial score (nSPS) is 10.5. The Morgan fingerprint density at radius 2 is 2.04 bits per heavy atom. The third-order valence-corrected chi connectivity index (χ3v) is 4.20. The van der Waals surface area contributed by atoms with Crippen LogP contribution in [0.2, 0.25) is 0 Å². The first-order chi connectivity index (χ1) is 11.5. The Hall–Kier alpha value is -2.35. The number of hydrogen-bond acceptors (Lipinski definition) is 5. The number of aromatic amines is 1. The summed E-state index contributed by atoms with van der Waals surface area (Å²) < 4.78 is 0. The molecule has 0 unspecified atom stereocenters. The molecule has 0 aliphatic rings. The molecule has 0 radical (unpaired) electrons. The first kappa shape index (κ1) is 18.0. The van der Waals surface area contributed by atoms with Crippen LogP contribution in [-0.4, -0.2) is 50.7 Å². The van der Waals surface area contributed by atoms with Crippen molar-refractivity contribution in [3.05, 3.63) is 35.7 Å². The topological polar surface area (TPSA) is 91.0 Å². The summed E-state index contributed by atoms with van der Waals surface area (Å²) in [6.07, 6.45) is 0. The lowest BCUT2D eigenvalue weighted by molar-refractivity contribution is -0.113. The number of benzene rings is 1. The van der Waals surface area contributed by atoms with Gasteiger partial charge in [0.15, 0.2) is 0 Å². The van der Waals surface area contributed by atoms with E-state index in [1.807, 2.05) is 13.8 Å². The van der Waals surface area contributed by atoms with E-state index in [-0.39, 0.29) is 17.6 Å². The van der Waals surface area contributed by atoms with Crippen molar-refractivity contribution >= 4 is 29.3 Å². The predicted molar refractivity (Wildman–Crippen MR) is 94.2 cm³/mol. The van der Waals surface area contributed by atoms with E-state index >= 15 is 0 Å². The van der Waals surface area contributed by atoms with Gasteiger partial charge in [0.2, 0.25) is 11.1 Å². The number of carbonyl (C=O) groups excluding carboxylic acids is 2. The zero-order chi connectivity index (χ0) is 17.5. The van der Waals surface area contributed by atoms with Gasteiger partial charge in [-0.1, -0.05) is 17.8 Å². The maximum absolute atomic E-state index is 12.3.